The van der Waals surface area contributed by atoms with Crippen molar-refractivity contribution in [3.63, 3.8) is 0 Å². The molecule has 0 aliphatic heterocycles. The summed E-state index contributed by atoms with van der Waals surface area (Å²) in [6.07, 6.45) is 4.62. The van der Waals surface area contributed by atoms with E-state index in [2.05, 4.69) is 4.98 Å². The Bertz CT molecular complexity index is 721. The lowest BCUT2D eigenvalue weighted by Crippen LogP contribution is -2.11. The van der Waals surface area contributed by atoms with E-state index in [0.717, 1.165) is 34.3 Å². The van der Waals surface area contributed by atoms with E-state index in [1.165, 1.54) is 12.5 Å². The van der Waals surface area contributed by atoms with Crippen LogP contribution >= 0.6 is 0 Å². The molecule has 114 valence electrons. The average Bonchev–Trinajstić information content (AvgIpc) is 2.97. The fraction of sp³-hybridized carbons (Fsp3) is 0.312. The van der Waals surface area contributed by atoms with Gasteiger partial charge in [0.05, 0.1) is 12.3 Å². The molecule has 0 unspecified atom stereocenters. The topological polar surface area (TPSA) is 81.4 Å². The van der Waals surface area contributed by atoms with Gasteiger partial charge in [-0.15, -0.1) is 0 Å². The summed E-state index contributed by atoms with van der Waals surface area (Å²) in [5.74, 6) is 0.929. The molecule has 0 radical (unpaired) electrons. The van der Waals surface area contributed by atoms with Crippen LogP contribution in [-0.4, -0.2) is 33.1 Å². The Morgan fingerprint density at radius 1 is 1.36 bits per heavy atom. The number of carbonyl (C=O) groups excluding carboxylic acids is 1. The fourth-order valence-electron chi connectivity index (χ4n) is 2.58. The number of hydrogen-bond donors (Lipinski definition) is 1. The molecule has 1 aromatic carbocycles. The lowest BCUT2D eigenvalue weighted by molar-refractivity contribution is 0.0972. The third-order valence-corrected chi connectivity index (χ3v) is 3.71. The number of ketones is 1. The molecular formula is C16H16N2O4. The molecule has 0 saturated heterocycles. The minimum absolute atomic E-state index is 0.201. The first-order valence-electron chi connectivity index (χ1n) is 7.18. The van der Waals surface area contributed by atoms with E-state index in [9.17, 15) is 9.59 Å². The molecule has 1 aromatic heterocycles. The quantitative estimate of drug-likeness (QED) is 0.938. The van der Waals surface area contributed by atoms with Gasteiger partial charge in [0.1, 0.15) is 12.1 Å². The lowest BCUT2D eigenvalue weighted by atomic mass is 9.90. The van der Waals surface area contributed by atoms with E-state index in [4.69, 9.17) is 9.84 Å². The van der Waals surface area contributed by atoms with Crippen molar-refractivity contribution in [2.75, 3.05) is 6.61 Å². The standard InChI is InChI=1S/C16H16N2O4/c19-15-3-1-2-11-8-13(4-5-14(11)15)22-7-6-12-9-18(10-17-12)16(20)21/h4-5,8-10H,1-3,6-7H2,(H,20,21). The Balaban J connectivity index is 1.59. The van der Waals surface area contributed by atoms with Crippen LogP contribution in [0, 0.1) is 0 Å². The predicted octanol–water partition coefficient (Wildman–Crippen LogP) is 2.55. The van der Waals surface area contributed by atoms with Crippen LogP contribution in [0.15, 0.2) is 30.7 Å². The second-order valence-electron chi connectivity index (χ2n) is 5.25. The smallest absolute Gasteiger partial charge is 0.416 e. The molecule has 6 nitrogen and oxygen atoms in total. The van der Waals surface area contributed by atoms with Gasteiger partial charge in [-0.3, -0.25) is 4.79 Å². The molecule has 1 aliphatic carbocycles. The largest absolute Gasteiger partial charge is 0.493 e. The van der Waals surface area contributed by atoms with Gasteiger partial charge in [0.25, 0.3) is 0 Å². The number of hydrogen-bond acceptors (Lipinski definition) is 4. The molecule has 22 heavy (non-hydrogen) atoms. The highest BCUT2D eigenvalue weighted by atomic mass is 16.5. The van der Waals surface area contributed by atoms with Crippen molar-refractivity contribution in [2.24, 2.45) is 0 Å². The van der Waals surface area contributed by atoms with Crippen LogP contribution in [0.3, 0.4) is 0 Å². The molecule has 3 rings (SSSR count). The van der Waals surface area contributed by atoms with E-state index >= 15 is 0 Å². The first kappa shape index (κ1) is 14.3. The zero-order valence-electron chi connectivity index (χ0n) is 12.0. The maximum atomic E-state index is 11.8. The van der Waals surface area contributed by atoms with Crippen LogP contribution in [0.4, 0.5) is 4.79 Å². The van der Waals surface area contributed by atoms with Gasteiger partial charge >= 0.3 is 6.09 Å². The number of aromatic nitrogens is 2. The van der Waals surface area contributed by atoms with Crippen molar-refractivity contribution in [1.82, 2.24) is 9.55 Å². The van der Waals surface area contributed by atoms with Gasteiger partial charge < -0.3 is 9.84 Å². The van der Waals surface area contributed by atoms with Crippen LogP contribution < -0.4 is 4.74 Å². The van der Waals surface area contributed by atoms with Crippen LogP contribution in [0.2, 0.25) is 0 Å². The van der Waals surface area contributed by atoms with Crippen LogP contribution in [0.1, 0.15) is 34.5 Å². The number of carbonyl (C=O) groups is 2. The summed E-state index contributed by atoms with van der Waals surface area (Å²) in [7, 11) is 0. The van der Waals surface area contributed by atoms with E-state index in [0.29, 0.717) is 25.1 Å². The maximum absolute atomic E-state index is 11.8. The molecule has 1 N–H and O–H groups in total. The predicted molar refractivity (Wildman–Crippen MR) is 78.6 cm³/mol. The fourth-order valence-corrected chi connectivity index (χ4v) is 2.58. The van der Waals surface area contributed by atoms with E-state index in [-0.39, 0.29) is 5.78 Å². The monoisotopic (exact) mass is 300 g/mol. The van der Waals surface area contributed by atoms with Crippen LogP contribution in [-0.2, 0) is 12.8 Å². The minimum Gasteiger partial charge on any atom is -0.493 e. The second kappa shape index (κ2) is 6.01. The SMILES string of the molecule is O=C1CCCc2cc(OCCc3cn(C(=O)O)cn3)ccc21. The van der Waals surface area contributed by atoms with Gasteiger partial charge in [0, 0.05) is 24.6 Å². The summed E-state index contributed by atoms with van der Waals surface area (Å²) < 4.78 is 6.69. The van der Waals surface area contributed by atoms with E-state index in [1.807, 2.05) is 12.1 Å². The Kier molecular flexibility index (Phi) is 3.91. The Labute approximate surface area is 127 Å². The number of imidazole rings is 1. The highest BCUT2D eigenvalue weighted by molar-refractivity contribution is 5.98. The molecule has 6 heteroatoms. The van der Waals surface area contributed by atoms with Crippen molar-refractivity contribution in [1.29, 1.82) is 0 Å². The van der Waals surface area contributed by atoms with E-state index in [1.54, 1.807) is 6.07 Å². The van der Waals surface area contributed by atoms with Gasteiger partial charge in [-0.05, 0) is 36.6 Å². The highest BCUT2D eigenvalue weighted by Gasteiger charge is 2.17. The molecule has 1 aliphatic rings. The van der Waals surface area contributed by atoms with Gasteiger partial charge in [-0.25, -0.2) is 14.3 Å². The lowest BCUT2D eigenvalue weighted by Gasteiger charge is -2.15. The van der Waals surface area contributed by atoms with E-state index < -0.39 is 6.09 Å². The van der Waals surface area contributed by atoms with Crippen molar-refractivity contribution < 1.29 is 19.4 Å². The number of benzene rings is 1. The van der Waals surface area contributed by atoms with Gasteiger partial charge in [-0.1, -0.05) is 0 Å². The molecule has 0 saturated carbocycles. The Morgan fingerprint density at radius 3 is 3.00 bits per heavy atom. The summed E-state index contributed by atoms with van der Waals surface area (Å²) in [6, 6.07) is 5.55. The first-order valence-corrected chi connectivity index (χ1v) is 7.18. The van der Waals surface area contributed by atoms with Crippen LogP contribution in [0.25, 0.3) is 0 Å². The molecule has 0 bridgehead atoms. The summed E-state index contributed by atoms with van der Waals surface area (Å²) in [4.78, 5) is 26.5. The molecule has 0 atom stereocenters. The molecule has 2 aromatic rings. The molecular weight excluding hydrogens is 284 g/mol. The number of aryl methyl sites for hydroxylation is 1. The summed E-state index contributed by atoms with van der Waals surface area (Å²) in [6.45, 7) is 0.406. The first-order chi connectivity index (χ1) is 10.6. The number of Topliss-reactive ketones (excluding diaryl/α,β-unsaturated/α-hetero) is 1. The third kappa shape index (κ3) is 3.00. The van der Waals surface area contributed by atoms with Crippen molar-refractivity contribution in [3.8, 4) is 5.75 Å². The molecule has 0 spiro atoms. The van der Waals surface area contributed by atoms with Gasteiger partial charge in [-0.2, -0.15) is 0 Å². The Morgan fingerprint density at radius 2 is 2.23 bits per heavy atom. The third-order valence-electron chi connectivity index (χ3n) is 3.71. The number of ether oxygens (including phenoxy) is 1. The number of nitrogens with zero attached hydrogens (tertiary/aromatic N) is 2. The van der Waals surface area contributed by atoms with Crippen molar-refractivity contribution >= 4 is 11.9 Å². The molecule has 1 heterocycles. The number of rotatable bonds is 4. The van der Waals surface area contributed by atoms with Crippen LogP contribution in [0.5, 0.6) is 5.75 Å². The number of fused-ring (bicyclic) bond motifs is 1. The minimum atomic E-state index is -1.06. The normalized spacial score (nSPS) is 13.7. The molecule has 0 fully saturated rings. The van der Waals surface area contributed by atoms with Gasteiger partial charge in [0.15, 0.2) is 5.78 Å². The average molecular weight is 300 g/mol. The zero-order chi connectivity index (χ0) is 15.5. The number of carboxylic acid groups (broad SMARTS) is 1. The summed E-state index contributed by atoms with van der Waals surface area (Å²) in [5, 5.41) is 8.80. The van der Waals surface area contributed by atoms with Crippen molar-refractivity contribution in [2.45, 2.75) is 25.7 Å². The summed E-state index contributed by atoms with van der Waals surface area (Å²) >= 11 is 0. The molecule has 0 amide bonds. The second-order valence-corrected chi connectivity index (χ2v) is 5.25. The highest BCUT2D eigenvalue weighted by Crippen LogP contribution is 2.25. The summed E-state index contributed by atoms with van der Waals surface area (Å²) in [5.41, 5.74) is 2.51. The van der Waals surface area contributed by atoms with Crippen molar-refractivity contribution in [3.05, 3.63) is 47.5 Å². The zero-order valence-corrected chi connectivity index (χ0v) is 12.0. The van der Waals surface area contributed by atoms with Gasteiger partial charge in [0.2, 0.25) is 0 Å². The Hall–Kier alpha value is -2.63. The maximum Gasteiger partial charge on any atom is 0.416 e.